The fourth-order valence-electron chi connectivity index (χ4n) is 5.84. The molecule has 4 rings (SSSR count). The van der Waals surface area contributed by atoms with Gasteiger partial charge in [-0.15, -0.1) is 0 Å². The van der Waals surface area contributed by atoms with Gasteiger partial charge in [0.25, 0.3) is 0 Å². The van der Waals surface area contributed by atoms with Crippen LogP contribution in [0.25, 0.3) is 12.2 Å². The fourth-order valence-corrected chi connectivity index (χ4v) is 5.84. The molecule has 282 valence electrons. The Morgan fingerprint density at radius 2 is 0.907 bits per heavy atom. The molecule has 0 aliphatic carbocycles. The van der Waals surface area contributed by atoms with Gasteiger partial charge in [-0.25, -0.2) is 0 Å². The van der Waals surface area contributed by atoms with E-state index in [2.05, 4.69) is 31.2 Å². The first-order chi connectivity index (χ1) is 26.0. The van der Waals surface area contributed by atoms with Crippen molar-refractivity contribution >= 4 is 35.8 Å². The van der Waals surface area contributed by atoms with E-state index >= 15 is 0 Å². The van der Waals surface area contributed by atoms with E-state index in [4.69, 9.17) is 0 Å². The second-order valence-corrected chi connectivity index (χ2v) is 13.8. The minimum atomic E-state index is -1.29. The number of hydrogen-bond acceptors (Lipinski definition) is 7. The Morgan fingerprint density at radius 1 is 0.556 bits per heavy atom. The van der Waals surface area contributed by atoms with Crippen molar-refractivity contribution in [1.29, 1.82) is 0 Å². The maximum Gasteiger partial charge on any atom is 0.244 e. The first-order valence-corrected chi connectivity index (χ1v) is 18.1. The van der Waals surface area contributed by atoms with Crippen LogP contribution in [0.2, 0.25) is 0 Å². The lowest BCUT2D eigenvalue weighted by atomic mass is 9.91. The Morgan fingerprint density at radius 3 is 1.24 bits per heavy atom. The number of aliphatic hydroxyl groups excluding tert-OH is 1. The van der Waals surface area contributed by atoms with Crippen LogP contribution >= 0.6 is 0 Å². The highest BCUT2D eigenvalue weighted by molar-refractivity contribution is 5.96. The summed E-state index contributed by atoms with van der Waals surface area (Å²) in [6.07, 6.45) is 11.7. The van der Waals surface area contributed by atoms with Crippen molar-refractivity contribution in [1.82, 2.24) is 31.2 Å². The van der Waals surface area contributed by atoms with Crippen LogP contribution in [0, 0.1) is 11.8 Å². The smallest absolute Gasteiger partial charge is 0.244 e. The average molecular weight is 731 g/mol. The quantitative estimate of drug-likeness (QED) is 0.0954. The molecule has 54 heavy (non-hydrogen) atoms. The molecular weight excluding hydrogens is 681 g/mol. The summed E-state index contributed by atoms with van der Waals surface area (Å²) < 4.78 is 0. The summed E-state index contributed by atoms with van der Waals surface area (Å²) in [5.41, 5.74) is 3.27. The zero-order valence-electron chi connectivity index (χ0n) is 31.1. The molecule has 11 heteroatoms. The number of pyridine rings is 2. The Hall–Kier alpha value is -5.94. The largest absolute Gasteiger partial charge is 0.389 e. The molecule has 2 aromatic carbocycles. The van der Waals surface area contributed by atoms with Gasteiger partial charge in [0.1, 0.15) is 12.1 Å². The Kier molecular flexibility index (Phi) is 15.8. The van der Waals surface area contributed by atoms with Crippen LogP contribution in [0.5, 0.6) is 0 Å². The molecule has 5 N–H and O–H groups in total. The van der Waals surface area contributed by atoms with E-state index in [1.54, 1.807) is 61.2 Å². The SMILES string of the molecule is CC(C)[C@H](NC(=O)/C=C/c1ccncc1)C(=O)N[C@@H](Cc1ccccc1)C(O)[C@H](Cc1ccccc1)NC(=O)[C@@H](NC(=O)/C=C/c1ccncc1)C(C)C. The van der Waals surface area contributed by atoms with Crippen LogP contribution in [-0.4, -0.2) is 69.0 Å². The highest BCUT2D eigenvalue weighted by Crippen LogP contribution is 2.16. The van der Waals surface area contributed by atoms with Crippen LogP contribution < -0.4 is 21.3 Å². The van der Waals surface area contributed by atoms with E-state index in [9.17, 15) is 24.3 Å². The maximum absolute atomic E-state index is 14.0. The molecule has 4 amide bonds. The van der Waals surface area contributed by atoms with Crippen molar-refractivity contribution in [2.24, 2.45) is 11.8 Å². The molecule has 2 heterocycles. The number of benzene rings is 2. The van der Waals surface area contributed by atoms with Gasteiger partial charge in [-0.1, -0.05) is 88.4 Å². The van der Waals surface area contributed by atoms with Crippen molar-refractivity contribution in [2.75, 3.05) is 0 Å². The number of nitrogens with one attached hydrogen (secondary N) is 4. The number of rotatable bonds is 18. The summed E-state index contributed by atoms with van der Waals surface area (Å²) in [5.74, 6) is -2.44. The van der Waals surface area contributed by atoms with Gasteiger partial charge in [0.05, 0.1) is 18.2 Å². The summed E-state index contributed by atoms with van der Waals surface area (Å²) in [6.45, 7) is 7.30. The third-order valence-electron chi connectivity index (χ3n) is 8.84. The van der Waals surface area contributed by atoms with E-state index in [1.165, 1.54) is 12.2 Å². The zero-order chi connectivity index (χ0) is 38.9. The molecule has 0 radical (unpaired) electrons. The van der Waals surface area contributed by atoms with Gasteiger partial charge in [0.15, 0.2) is 0 Å². The van der Waals surface area contributed by atoms with Crippen LogP contribution in [0.4, 0.5) is 0 Å². The molecular formula is C43H50N6O5. The first-order valence-electron chi connectivity index (χ1n) is 18.1. The Labute approximate surface area is 317 Å². The average Bonchev–Trinajstić information content (AvgIpc) is 3.17. The third kappa shape index (κ3) is 13.2. The second-order valence-electron chi connectivity index (χ2n) is 13.8. The number of aromatic nitrogens is 2. The molecule has 0 saturated heterocycles. The van der Waals surface area contributed by atoms with Gasteiger partial charge in [0.2, 0.25) is 23.6 Å². The Bertz CT molecular complexity index is 1700. The number of aliphatic hydroxyl groups is 1. The molecule has 0 saturated carbocycles. The number of carbonyl (C=O) groups is 4. The van der Waals surface area contributed by atoms with E-state index in [1.807, 2.05) is 88.4 Å². The topological polar surface area (TPSA) is 162 Å². The lowest BCUT2D eigenvalue weighted by molar-refractivity contribution is -0.130. The standard InChI is InChI=1S/C43H50N6O5/c1-29(2)39(48-37(50)17-15-31-19-23-44-24-20-31)42(53)46-35(27-33-11-7-5-8-12-33)41(52)36(28-34-13-9-6-10-14-34)47-43(54)40(30(3)4)49-38(51)18-16-32-21-25-45-26-22-32/h5-26,29-30,35-36,39-41,52H,27-28H2,1-4H3,(H,46,53)(H,47,54)(H,48,50)(H,49,51)/b17-15+,18-16+/t35-,36-,39-,40-/m0/s1. The molecule has 11 nitrogen and oxygen atoms in total. The highest BCUT2D eigenvalue weighted by atomic mass is 16.3. The first kappa shape index (κ1) is 40.8. The fraction of sp³-hybridized carbons (Fsp3) is 0.302. The van der Waals surface area contributed by atoms with E-state index in [0.717, 1.165) is 22.3 Å². The van der Waals surface area contributed by atoms with Crippen molar-refractivity contribution in [3.05, 3.63) is 144 Å². The van der Waals surface area contributed by atoms with Gasteiger partial charge in [-0.2, -0.15) is 0 Å². The summed E-state index contributed by atoms with van der Waals surface area (Å²) in [4.78, 5) is 61.8. The summed E-state index contributed by atoms with van der Waals surface area (Å²) in [7, 11) is 0. The van der Waals surface area contributed by atoms with Crippen LogP contribution in [0.3, 0.4) is 0 Å². The predicted octanol–water partition coefficient (Wildman–Crippen LogP) is 4.30. The van der Waals surface area contributed by atoms with E-state index in [0.29, 0.717) is 0 Å². The van der Waals surface area contributed by atoms with Crippen molar-refractivity contribution < 1.29 is 24.3 Å². The lowest BCUT2D eigenvalue weighted by Crippen LogP contribution is -2.61. The summed E-state index contributed by atoms with van der Waals surface area (Å²) in [5, 5.41) is 23.8. The van der Waals surface area contributed by atoms with Crippen LogP contribution in [0.1, 0.15) is 49.9 Å². The Balaban J connectivity index is 1.58. The predicted molar refractivity (Wildman–Crippen MR) is 210 cm³/mol. The van der Waals surface area contributed by atoms with Crippen molar-refractivity contribution in [2.45, 2.75) is 70.8 Å². The maximum atomic E-state index is 14.0. The summed E-state index contributed by atoms with van der Waals surface area (Å²) in [6, 6.07) is 22.2. The minimum absolute atomic E-state index is 0.236. The van der Waals surface area contributed by atoms with Gasteiger partial charge < -0.3 is 26.4 Å². The molecule has 4 atom stereocenters. The van der Waals surface area contributed by atoms with Crippen LogP contribution in [0.15, 0.2) is 122 Å². The second kappa shape index (κ2) is 20.9. The lowest BCUT2D eigenvalue weighted by Gasteiger charge is -2.34. The highest BCUT2D eigenvalue weighted by Gasteiger charge is 2.35. The molecule has 4 aromatic rings. The number of hydrogen-bond donors (Lipinski definition) is 5. The number of carbonyl (C=O) groups excluding carboxylic acids is 4. The minimum Gasteiger partial charge on any atom is -0.389 e. The molecule has 0 spiro atoms. The normalized spacial score (nSPS) is 13.8. The molecule has 0 bridgehead atoms. The molecule has 2 aromatic heterocycles. The summed E-state index contributed by atoms with van der Waals surface area (Å²) >= 11 is 0. The molecule has 0 fully saturated rings. The van der Waals surface area contributed by atoms with E-state index < -0.39 is 53.9 Å². The van der Waals surface area contributed by atoms with Crippen molar-refractivity contribution in [3.63, 3.8) is 0 Å². The van der Waals surface area contributed by atoms with E-state index in [-0.39, 0.29) is 24.7 Å². The monoisotopic (exact) mass is 730 g/mol. The van der Waals surface area contributed by atoms with Crippen LogP contribution in [-0.2, 0) is 32.0 Å². The van der Waals surface area contributed by atoms with Gasteiger partial charge in [0, 0.05) is 36.9 Å². The number of amides is 4. The molecule has 0 unspecified atom stereocenters. The zero-order valence-corrected chi connectivity index (χ0v) is 31.1. The van der Waals surface area contributed by atoms with Crippen molar-refractivity contribution in [3.8, 4) is 0 Å². The third-order valence-corrected chi connectivity index (χ3v) is 8.84. The van der Waals surface area contributed by atoms with Gasteiger partial charge in [-0.05, 0) is 83.3 Å². The van der Waals surface area contributed by atoms with Gasteiger partial charge >= 0.3 is 0 Å². The van der Waals surface area contributed by atoms with Gasteiger partial charge in [-0.3, -0.25) is 29.1 Å². The number of nitrogens with zero attached hydrogens (tertiary/aromatic N) is 2. The molecule has 0 aliphatic rings. The molecule has 0 aliphatic heterocycles.